The molecule has 1 aromatic heterocycles. The Kier molecular flexibility index (Phi) is 3.82. The molecule has 0 aromatic carbocycles. The summed E-state index contributed by atoms with van der Waals surface area (Å²) in [6.45, 7) is 2.31. The fourth-order valence-electron chi connectivity index (χ4n) is 2.79. The molecule has 3 unspecified atom stereocenters. The van der Waals surface area contributed by atoms with Crippen LogP contribution in [0.1, 0.15) is 31.7 Å². The van der Waals surface area contributed by atoms with Crippen molar-refractivity contribution in [3.8, 4) is 0 Å². The van der Waals surface area contributed by atoms with Crippen molar-refractivity contribution in [2.45, 2.75) is 38.6 Å². The third-order valence-electron chi connectivity index (χ3n) is 3.79. The van der Waals surface area contributed by atoms with E-state index in [4.69, 9.17) is 17.3 Å². The van der Waals surface area contributed by atoms with Gasteiger partial charge < -0.3 is 5.73 Å². The maximum atomic E-state index is 6.29. The summed E-state index contributed by atoms with van der Waals surface area (Å²) in [6.07, 6.45) is 8.27. The summed E-state index contributed by atoms with van der Waals surface area (Å²) >= 11 is 6.09. The van der Waals surface area contributed by atoms with Gasteiger partial charge in [-0.1, -0.05) is 31.4 Å². The van der Waals surface area contributed by atoms with Crippen molar-refractivity contribution in [2.24, 2.45) is 17.6 Å². The van der Waals surface area contributed by atoms with Gasteiger partial charge in [-0.05, 0) is 36.3 Å². The normalized spacial score (nSPS) is 26.9. The van der Waals surface area contributed by atoms with Crippen molar-refractivity contribution < 1.29 is 0 Å². The minimum Gasteiger partial charge on any atom is -0.327 e. The number of aromatic nitrogens is 1. The van der Waals surface area contributed by atoms with Crippen LogP contribution in [0.5, 0.6) is 0 Å². The third kappa shape index (κ3) is 2.55. The molecule has 16 heavy (non-hydrogen) atoms. The molecule has 3 heteroatoms. The molecule has 2 N–H and O–H groups in total. The molecule has 0 radical (unpaired) electrons. The molecule has 88 valence electrons. The van der Waals surface area contributed by atoms with Gasteiger partial charge in [-0.25, -0.2) is 0 Å². The summed E-state index contributed by atoms with van der Waals surface area (Å²) in [4.78, 5) is 3.99. The molecule has 1 saturated carbocycles. The molecule has 1 aliphatic carbocycles. The first-order valence-corrected chi connectivity index (χ1v) is 6.40. The Balaban J connectivity index is 2.02. The molecule has 1 aromatic rings. The lowest BCUT2D eigenvalue weighted by molar-refractivity contribution is 0.343. The lowest BCUT2D eigenvalue weighted by atomic mass is 9.87. The molecule has 3 atom stereocenters. The molecule has 1 heterocycles. The van der Waals surface area contributed by atoms with Crippen LogP contribution in [0.15, 0.2) is 18.5 Å². The van der Waals surface area contributed by atoms with Gasteiger partial charge in [-0.3, -0.25) is 4.98 Å². The molecule has 0 spiro atoms. The van der Waals surface area contributed by atoms with Gasteiger partial charge in [0.05, 0.1) is 5.02 Å². The zero-order valence-corrected chi connectivity index (χ0v) is 10.5. The highest BCUT2D eigenvalue weighted by Gasteiger charge is 2.28. The SMILES string of the molecule is CC1CCCC1C(N)Cc1ccncc1Cl. The van der Waals surface area contributed by atoms with Gasteiger partial charge in [-0.15, -0.1) is 0 Å². The lowest BCUT2D eigenvalue weighted by Crippen LogP contribution is -2.33. The van der Waals surface area contributed by atoms with Crippen molar-refractivity contribution in [1.82, 2.24) is 4.98 Å². The topological polar surface area (TPSA) is 38.9 Å². The van der Waals surface area contributed by atoms with Gasteiger partial charge in [0.2, 0.25) is 0 Å². The maximum Gasteiger partial charge on any atom is 0.0621 e. The van der Waals surface area contributed by atoms with Crippen molar-refractivity contribution in [3.63, 3.8) is 0 Å². The average molecular weight is 239 g/mol. The van der Waals surface area contributed by atoms with Crippen LogP contribution < -0.4 is 5.73 Å². The van der Waals surface area contributed by atoms with Crippen molar-refractivity contribution in [1.29, 1.82) is 0 Å². The van der Waals surface area contributed by atoms with E-state index in [-0.39, 0.29) is 6.04 Å². The molecule has 2 nitrogen and oxygen atoms in total. The van der Waals surface area contributed by atoms with Gasteiger partial charge in [-0.2, -0.15) is 0 Å². The number of pyridine rings is 1. The zero-order chi connectivity index (χ0) is 11.5. The summed E-state index contributed by atoms with van der Waals surface area (Å²) in [7, 11) is 0. The van der Waals surface area contributed by atoms with Crippen molar-refractivity contribution >= 4 is 11.6 Å². The molecule has 0 aliphatic heterocycles. The van der Waals surface area contributed by atoms with Crippen LogP contribution in [0.25, 0.3) is 0 Å². The van der Waals surface area contributed by atoms with Crippen molar-refractivity contribution in [3.05, 3.63) is 29.0 Å². The zero-order valence-electron chi connectivity index (χ0n) is 9.70. The first-order chi connectivity index (χ1) is 7.68. The number of nitrogens with zero attached hydrogens (tertiary/aromatic N) is 1. The highest BCUT2D eigenvalue weighted by atomic mass is 35.5. The minimum atomic E-state index is 0.234. The third-order valence-corrected chi connectivity index (χ3v) is 4.13. The summed E-state index contributed by atoms with van der Waals surface area (Å²) < 4.78 is 0. The van der Waals surface area contributed by atoms with E-state index >= 15 is 0 Å². The van der Waals surface area contributed by atoms with Gasteiger partial charge >= 0.3 is 0 Å². The standard InChI is InChI=1S/C13H19ClN2/c1-9-3-2-4-11(9)13(15)7-10-5-6-16-8-12(10)14/h5-6,8-9,11,13H,2-4,7,15H2,1H3. The predicted molar refractivity (Wildman–Crippen MR) is 67.4 cm³/mol. The van der Waals surface area contributed by atoms with E-state index in [0.717, 1.165) is 22.9 Å². The fraction of sp³-hybridized carbons (Fsp3) is 0.615. The van der Waals surface area contributed by atoms with Crippen LogP contribution in [-0.4, -0.2) is 11.0 Å². The molecule has 1 aliphatic rings. The predicted octanol–water partition coefficient (Wildman–Crippen LogP) is 3.04. The fourth-order valence-corrected chi connectivity index (χ4v) is 2.98. The van der Waals surface area contributed by atoms with Crippen LogP contribution in [0.4, 0.5) is 0 Å². The van der Waals surface area contributed by atoms with E-state index in [0.29, 0.717) is 5.92 Å². The van der Waals surface area contributed by atoms with E-state index < -0.39 is 0 Å². The van der Waals surface area contributed by atoms with Crippen LogP contribution in [0.3, 0.4) is 0 Å². The van der Waals surface area contributed by atoms with Gasteiger partial charge in [0, 0.05) is 18.4 Å². The van der Waals surface area contributed by atoms with Gasteiger partial charge in [0.15, 0.2) is 0 Å². The second-order valence-corrected chi connectivity index (χ2v) is 5.31. The van der Waals surface area contributed by atoms with E-state index in [2.05, 4.69) is 11.9 Å². The van der Waals surface area contributed by atoms with Gasteiger partial charge in [0.1, 0.15) is 0 Å². The van der Waals surface area contributed by atoms with Gasteiger partial charge in [0.25, 0.3) is 0 Å². The van der Waals surface area contributed by atoms with Crippen LogP contribution in [0.2, 0.25) is 5.02 Å². The molecule has 0 saturated heterocycles. The largest absolute Gasteiger partial charge is 0.327 e. The van der Waals surface area contributed by atoms with E-state index in [1.54, 1.807) is 12.4 Å². The highest BCUT2D eigenvalue weighted by Crippen LogP contribution is 2.34. The number of hydrogen-bond donors (Lipinski definition) is 1. The summed E-state index contributed by atoms with van der Waals surface area (Å²) in [5.41, 5.74) is 7.42. The number of nitrogens with two attached hydrogens (primary N) is 1. The summed E-state index contributed by atoms with van der Waals surface area (Å²) in [6, 6.07) is 2.21. The first kappa shape index (κ1) is 11.9. The number of hydrogen-bond acceptors (Lipinski definition) is 2. The Hall–Kier alpha value is -0.600. The van der Waals surface area contributed by atoms with E-state index in [1.807, 2.05) is 6.07 Å². The molecular formula is C13H19ClN2. The Morgan fingerprint density at radius 1 is 1.56 bits per heavy atom. The highest BCUT2D eigenvalue weighted by molar-refractivity contribution is 6.31. The van der Waals surface area contributed by atoms with E-state index in [9.17, 15) is 0 Å². The quantitative estimate of drug-likeness (QED) is 0.879. The van der Waals surface area contributed by atoms with Crippen LogP contribution >= 0.6 is 11.6 Å². The Morgan fingerprint density at radius 3 is 3.00 bits per heavy atom. The van der Waals surface area contributed by atoms with Crippen LogP contribution in [0, 0.1) is 11.8 Å². The molecular weight excluding hydrogens is 220 g/mol. The second kappa shape index (κ2) is 5.15. The average Bonchev–Trinajstić information content (AvgIpc) is 2.68. The Labute approximate surface area is 102 Å². The number of halogens is 1. The smallest absolute Gasteiger partial charge is 0.0621 e. The second-order valence-electron chi connectivity index (χ2n) is 4.91. The molecule has 0 amide bonds. The monoisotopic (exact) mass is 238 g/mol. The summed E-state index contributed by atoms with van der Waals surface area (Å²) in [5, 5.41) is 0.739. The Bertz CT molecular complexity index is 354. The van der Waals surface area contributed by atoms with Crippen molar-refractivity contribution in [2.75, 3.05) is 0 Å². The van der Waals surface area contributed by atoms with Crippen LogP contribution in [-0.2, 0) is 6.42 Å². The Morgan fingerprint density at radius 2 is 2.38 bits per heavy atom. The molecule has 0 bridgehead atoms. The minimum absolute atomic E-state index is 0.234. The molecule has 2 rings (SSSR count). The first-order valence-electron chi connectivity index (χ1n) is 6.02. The maximum absolute atomic E-state index is 6.29. The molecule has 1 fully saturated rings. The lowest BCUT2D eigenvalue weighted by Gasteiger charge is -2.23. The summed E-state index contributed by atoms with van der Waals surface area (Å²) in [5.74, 6) is 1.42. The number of rotatable bonds is 3. The van der Waals surface area contributed by atoms with E-state index in [1.165, 1.54) is 19.3 Å².